The number of halogens is 1. The van der Waals surface area contributed by atoms with E-state index >= 15 is 0 Å². The average molecular weight is 255 g/mol. The van der Waals surface area contributed by atoms with E-state index in [1.807, 2.05) is 13.2 Å². The standard InChI is InChI=1S/C13H18FNOS/c1-9-4-5-12(14)11(6-9)13(16)15-7-10(2)8-17-3/h4-6,10H,7-8H2,1-3H3,(H,15,16). The molecule has 0 aliphatic carbocycles. The fourth-order valence-corrected chi connectivity index (χ4v) is 2.21. The molecule has 0 bridgehead atoms. The molecule has 0 saturated carbocycles. The van der Waals surface area contributed by atoms with Crippen LogP contribution in [0, 0.1) is 18.7 Å². The van der Waals surface area contributed by atoms with Crippen LogP contribution in [0.4, 0.5) is 4.39 Å². The van der Waals surface area contributed by atoms with E-state index in [1.54, 1.807) is 23.9 Å². The number of benzene rings is 1. The number of aryl methyl sites for hydroxylation is 1. The Morgan fingerprint density at radius 3 is 2.88 bits per heavy atom. The van der Waals surface area contributed by atoms with Crippen LogP contribution in [0.5, 0.6) is 0 Å². The summed E-state index contributed by atoms with van der Waals surface area (Å²) in [5.41, 5.74) is 1.01. The minimum atomic E-state index is -0.467. The van der Waals surface area contributed by atoms with Gasteiger partial charge < -0.3 is 5.32 Å². The van der Waals surface area contributed by atoms with Crippen molar-refractivity contribution >= 4 is 17.7 Å². The summed E-state index contributed by atoms with van der Waals surface area (Å²) in [4.78, 5) is 11.8. The van der Waals surface area contributed by atoms with Gasteiger partial charge in [0.2, 0.25) is 0 Å². The second-order valence-corrected chi connectivity index (χ2v) is 5.16. The number of thioether (sulfide) groups is 1. The first-order chi connectivity index (χ1) is 8.04. The number of carbonyl (C=O) groups is 1. The Labute approximate surface area is 106 Å². The monoisotopic (exact) mass is 255 g/mol. The van der Waals surface area contributed by atoms with E-state index < -0.39 is 5.82 Å². The molecule has 1 atom stereocenters. The Hall–Kier alpha value is -1.03. The third kappa shape index (κ3) is 4.38. The lowest BCUT2D eigenvalue weighted by Gasteiger charge is -2.11. The highest BCUT2D eigenvalue weighted by Crippen LogP contribution is 2.10. The molecular weight excluding hydrogens is 237 g/mol. The van der Waals surface area contributed by atoms with Gasteiger partial charge in [0, 0.05) is 6.54 Å². The second-order valence-electron chi connectivity index (χ2n) is 4.25. The minimum absolute atomic E-state index is 0.126. The number of nitrogens with one attached hydrogen (secondary N) is 1. The Bertz CT molecular complexity index is 395. The molecule has 17 heavy (non-hydrogen) atoms. The predicted molar refractivity (Wildman–Crippen MR) is 71.0 cm³/mol. The normalized spacial score (nSPS) is 12.2. The van der Waals surface area contributed by atoms with Gasteiger partial charge in [-0.1, -0.05) is 18.6 Å². The summed E-state index contributed by atoms with van der Waals surface area (Å²) in [6, 6.07) is 4.56. The molecule has 0 aliphatic heterocycles. The molecule has 0 heterocycles. The lowest BCUT2D eigenvalue weighted by Crippen LogP contribution is -2.29. The van der Waals surface area contributed by atoms with E-state index in [0.717, 1.165) is 11.3 Å². The number of carbonyl (C=O) groups excluding carboxylic acids is 1. The summed E-state index contributed by atoms with van der Waals surface area (Å²) in [7, 11) is 0. The maximum atomic E-state index is 13.4. The molecule has 0 spiro atoms. The molecule has 0 aromatic heterocycles. The summed E-state index contributed by atoms with van der Waals surface area (Å²) < 4.78 is 13.4. The second kappa shape index (κ2) is 6.64. The molecular formula is C13H18FNOS. The van der Waals surface area contributed by atoms with Crippen molar-refractivity contribution in [1.82, 2.24) is 5.32 Å². The maximum Gasteiger partial charge on any atom is 0.254 e. The fraction of sp³-hybridized carbons (Fsp3) is 0.462. The van der Waals surface area contributed by atoms with Crippen LogP contribution in [0.15, 0.2) is 18.2 Å². The molecule has 4 heteroatoms. The molecule has 0 aliphatic rings. The maximum absolute atomic E-state index is 13.4. The van der Waals surface area contributed by atoms with Crippen molar-refractivity contribution in [3.63, 3.8) is 0 Å². The number of hydrogen-bond donors (Lipinski definition) is 1. The zero-order chi connectivity index (χ0) is 12.8. The van der Waals surface area contributed by atoms with Crippen LogP contribution in [0.1, 0.15) is 22.8 Å². The summed E-state index contributed by atoms with van der Waals surface area (Å²) in [6.07, 6.45) is 2.03. The highest BCUT2D eigenvalue weighted by Gasteiger charge is 2.12. The van der Waals surface area contributed by atoms with Crippen LogP contribution >= 0.6 is 11.8 Å². The molecule has 0 saturated heterocycles. The Balaban J connectivity index is 2.61. The number of hydrogen-bond acceptors (Lipinski definition) is 2. The molecule has 1 N–H and O–H groups in total. The summed E-state index contributed by atoms with van der Waals surface area (Å²) in [5.74, 6) is 0.572. The van der Waals surface area contributed by atoms with Crippen LogP contribution in [0.25, 0.3) is 0 Å². The van der Waals surface area contributed by atoms with Gasteiger partial charge >= 0.3 is 0 Å². The van der Waals surface area contributed by atoms with Crippen LogP contribution in [-0.2, 0) is 0 Å². The zero-order valence-electron chi connectivity index (χ0n) is 10.4. The molecule has 1 aromatic carbocycles. The van der Waals surface area contributed by atoms with Crippen molar-refractivity contribution in [2.24, 2.45) is 5.92 Å². The zero-order valence-corrected chi connectivity index (χ0v) is 11.2. The van der Waals surface area contributed by atoms with Gasteiger partial charge in [0.1, 0.15) is 5.82 Å². The van der Waals surface area contributed by atoms with Gasteiger partial charge in [-0.15, -0.1) is 0 Å². The first-order valence-electron chi connectivity index (χ1n) is 5.58. The SMILES string of the molecule is CSCC(C)CNC(=O)c1cc(C)ccc1F. The van der Waals surface area contributed by atoms with Crippen LogP contribution in [-0.4, -0.2) is 24.5 Å². The lowest BCUT2D eigenvalue weighted by molar-refractivity contribution is 0.0945. The molecule has 94 valence electrons. The van der Waals surface area contributed by atoms with Crippen molar-refractivity contribution in [3.8, 4) is 0 Å². The van der Waals surface area contributed by atoms with Crippen molar-refractivity contribution in [2.45, 2.75) is 13.8 Å². The molecule has 0 fully saturated rings. The Morgan fingerprint density at radius 2 is 2.24 bits per heavy atom. The first kappa shape index (κ1) is 14.0. The first-order valence-corrected chi connectivity index (χ1v) is 6.97. The van der Waals surface area contributed by atoms with E-state index in [0.29, 0.717) is 12.5 Å². The number of rotatable bonds is 5. The van der Waals surface area contributed by atoms with Gasteiger partial charge in [-0.2, -0.15) is 11.8 Å². The van der Waals surface area contributed by atoms with Crippen molar-refractivity contribution in [3.05, 3.63) is 35.1 Å². The third-order valence-electron chi connectivity index (χ3n) is 2.43. The third-order valence-corrected chi connectivity index (χ3v) is 3.33. The van der Waals surface area contributed by atoms with E-state index in [9.17, 15) is 9.18 Å². The lowest BCUT2D eigenvalue weighted by atomic mass is 10.1. The molecule has 1 rings (SSSR count). The van der Waals surface area contributed by atoms with Gasteiger partial charge in [0.25, 0.3) is 5.91 Å². The molecule has 0 radical (unpaired) electrons. The van der Waals surface area contributed by atoms with Crippen molar-refractivity contribution in [1.29, 1.82) is 0 Å². The highest BCUT2D eigenvalue weighted by molar-refractivity contribution is 7.98. The fourth-order valence-electron chi connectivity index (χ4n) is 1.52. The topological polar surface area (TPSA) is 29.1 Å². The van der Waals surface area contributed by atoms with Crippen LogP contribution in [0.3, 0.4) is 0 Å². The summed E-state index contributed by atoms with van der Waals surface area (Å²) in [6.45, 7) is 4.48. The van der Waals surface area contributed by atoms with Crippen molar-refractivity contribution < 1.29 is 9.18 Å². The van der Waals surface area contributed by atoms with E-state index in [-0.39, 0.29) is 11.5 Å². The van der Waals surface area contributed by atoms with E-state index in [2.05, 4.69) is 12.2 Å². The molecule has 1 amide bonds. The van der Waals surface area contributed by atoms with E-state index in [1.165, 1.54) is 6.07 Å². The number of amides is 1. The average Bonchev–Trinajstić information content (AvgIpc) is 2.29. The van der Waals surface area contributed by atoms with Gasteiger partial charge in [-0.3, -0.25) is 4.79 Å². The van der Waals surface area contributed by atoms with Crippen molar-refractivity contribution in [2.75, 3.05) is 18.6 Å². The van der Waals surface area contributed by atoms with Gasteiger partial charge in [-0.05, 0) is 37.0 Å². The Kier molecular flexibility index (Phi) is 5.48. The van der Waals surface area contributed by atoms with Gasteiger partial charge in [0.05, 0.1) is 5.56 Å². The summed E-state index contributed by atoms with van der Waals surface area (Å²) >= 11 is 1.74. The van der Waals surface area contributed by atoms with Gasteiger partial charge in [-0.25, -0.2) is 4.39 Å². The van der Waals surface area contributed by atoms with E-state index in [4.69, 9.17) is 0 Å². The quantitative estimate of drug-likeness (QED) is 0.876. The smallest absolute Gasteiger partial charge is 0.254 e. The highest BCUT2D eigenvalue weighted by atomic mass is 32.2. The predicted octanol–water partition coefficient (Wildman–Crippen LogP) is 2.86. The van der Waals surface area contributed by atoms with Gasteiger partial charge in [0.15, 0.2) is 0 Å². The molecule has 1 aromatic rings. The molecule has 1 unspecified atom stereocenters. The Morgan fingerprint density at radius 1 is 1.53 bits per heavy atom. The molecule has 2 nitrogen and oxygen atoms in total. The van der Waals surface area contributed by atoms with Crippen LogP contribution in [0.2, 0.25) is 0 Å². The largest absolute Gasteiger partial charge is 0.352 e. The summed E-state index contributed by atoms with van der Waals surface area (Å²) in [5, 5.41) is 2.76. The minimum Gasteiger partial charge on any atom is -0.352 e. The van der Waals surface area contributed by atoms with Crippen LogP contribution < -0.4 is 5.32 Å².